The summed E-state index contributed by atoms with van der Waals surface area (Å²) in [4.78, 5) is 3.88. The largest absolute Gasteiger partial charge is 0.474 e. The lowest BCUT2D eigenvalue weighted by molar-refractivity contribution is 0.105. The minimum absolute atomic E-state index is 0.158. The minimum atomic E-state index is -0.374. The Morgan fingerprint density at radius 3 is 2.86 bits per heavy atom. The Morgan fingerprint density at radius 2 is 2.04 bits per heavy atom. The lowest BCUT2D eigenvalue weighted by Gasteiger charge is -2.36. The number of hydrogen-bond donors (Lipinski definition) is 0. The number of pyridine rings is 1. The fourth-order valence-corrected chi connectivity index (χ4v) is 4.40. The Labute approximate surface area is 168 Å². The summed E-state index contributed by atoms with van der Waals surface area (Å²) in [5, 5.41) is 8.13. The average molecular weight is 397 g/mol. The third kappa shape index (κ3) is 3.27. The van der Waals surface area contributed by atoms with Crippen molar-refractivity contribution in [3.05, 3.63) is 65.9 Å². The van der Waals surface area contributed by atoms with Crippen LogP contribution in [0.2, 0.25) is 0 Å². The Balaban J connectivity index is 1.34. The molecule has 1 saturated carbocycles. The highest BCUT2D eigenvalue weighted by Crippen LogP contribution is 2.44. The van der Waals surface area contributed by atoms with Gasteiger partial charge in [-0.25, -0.2) is 4.98 Å². The van der Waals surface area contributed by atoms with E-state index >= 15 is 0 Å². The Morgan fingerprint density at radius 1 is 1.14 bits per heavy atom. The predicted molar refractivity (Wildman–Crippen MR) is 105 cm³/mol. The first kappa shape index (κ1) is 17.6. The number of alkyl halides is 1. The van der Waals surface area contributed by atoms with Gasteiger partial charge in [0.2, 0.25) is 5.88 Å². The van der Waals surface area contributed by atoms with Crippen LogP contribution in [0.1, 0.15) is 42.6 Å². The first-order valence-electron chi connectivity index (χ1n) is 9.58. The normalized spacial score (nSPS) is 24.1. The van der Waals surface area contributed by atoms with Crippen molar-refractivity contribution in [2.75, 3.05) is 0 Å². The van der Waals surface area contributed by atoms with Crippen LogP contribution in [0.4, 0.5) is 0 Å². The van der Waals surface area contributed by atoms with E-state index in [1.165, 1.54) is 0 Å². The molecule has 0 saturated heterocycles. The predicted octanol–water partition coefficient (Wildman–Crippen LogP) is 4.15. The highest BCUT2D eigenvalue weighted by atomic mass is 35.5. The van der Waals surface area contributed by atoms with E-state index in [4.69, 9.17) is 21.1 Å². The van der Waals surface area contributed by atoms with Crippen LogP contribution in [0, 0.1) is 0 Å². The van der Waals surface area contributed by atoms with Gasteiger partial charge in [-0.15, -0.1) is 21.8 Å². The first-order chi connectivity index (χ1) is 13.7. The van der Waals surface area contributed by atoms with Crippen molar-refractivity contribution in [3.8, 4) is 11.6 Å². The summed E-state index contributed by atoms with van der Waals surface area (Å²) in [5.74, 6) is 1.50. The SMILES string of the molecule is ClC1(c2ccc3c(c2)COCc2nncn2-3)CCC(Oc2ccccn2)CC1. The molecule has 3 aromatic rings. The molecule has 7 heteroatoms. The van der Waals surface area contributed by atoms with E-state index in [0.29, 0.717) is 19.1 Å². The standard InChI is InChI=1S/C21H21ClN4O2/c22-21(8-6-17(7-9-21)28-20-3-1-2-10-23-20)16-4-5-18-15(11-16)12-27-13-19-25-24-14-26(18)19/h1-5,10-11,14,17H,6-9,12-13H2. The van der Waals surface area contributed by atoms with E-state index < -0.39 is 0 Å². The van der Waals surface area contributed by atoms with Gasteiger partial charge in [-0.1, -0.05) is 12.1 Å². The van der Waals surface area contributed by atoms with Crippen molar-refractivity contribution in [3.63, 3.8) is 0 Å². The quantitative estimate of drug-likeness (QED) is 0.622. The monoisotopic (exact) mass is 396 g/mol. The molecule has 2 aromatic heterocycles. The van der Waals surface area contributed by atoms with Crippen LogP contribution in [0.25, 0.3) is 5.69 Å². The molecule has 0 N–H and O–H groups in total. The number of aromatic nitrogens is 4. The minimum Gasteiger partial charge on any atom is -0.474 e. The number of fused-ring (bicyclic) bond motifs is 3. The number of ether oxygens (including phenoxy) is 2. The molecule has 0 bridgehead atoms. The van der Waals surface area contributed by atoms with E-state index in [1.54, 1.807) is 12.5 Å². The molecule has 0 amide bonds. The summed E-state index contributed by atoms with van der Waals surface area (Å²) in [5.41, 5.74) is 3.32. The lowest BCUT2D eigenvalue weighted by atomic mass is 9.81. The molecule has 1 aromatic carbocycles. The molecule has 3 heterocycles. The van der Waals surface area contributed by atoms with Gasteiger partial charge in [0.15, 0.2) is 5.82 Å². The third-order valence-corrected chi connectivity index (χ3v) is 6.21. The molecule has 1 aliphatic carbocycles. The highest BCUT2D eigenvalue weighted by Gasteiger charge is 2.36. The highest BCUT2D eigenvalue weighted by molar-refractivity contribution is 6.24. The van der Waals surface area contributed by atoms with Crippen LogP contribution in [-0.2, 0) is 22.8 Å². The summed E-state index contributed by atoms with van der Waals surface area (Å²) in [6, 6.07) is 12.1. The van der Waals surface area contributed by atoms with Crippen molar-refractivity contribution in [2.24, 2.45) is 0 Å². The zero-order valence-electron chi connectivity index (χ0n) is 15.4. The molecule has 1 aliphatic heterocycles. The second-order valence-corrected chi connectivity index (χ2v) is 8.13. The fraction of sp³-hybridized carbons (Fsp3) is 0.381. The fourth-order valence-electron chi connectivity index (χ4n) is 4.07. The Kier molecular flexibility index (Phi) is 4.53. The molecule has 0 radical (unpaired) electrons. The molecule has 0 atom stereocenters. The van der Waals surface area contributed by atoms with Crippen LogP contribution < -0.4 is 4.74 Å². The first-order valence-corrected chi connectivity index (χ1v) is 9.96. The van der Waals surface area contributed by atoms with Gasteiger partial charge >= 0.3 is 0 Å². The molecule has 1 fully saturated rings. The number of nitrogens with zero attached hydrogens (tertiary/aromatic N) is 4. The zero-order chi connectivity index (χ0) is 19.0. The van der Waals surface area contributed by atoms with Crippen molar-refractivity contribution < 1.29 is 9.47 Å². The molecule has 0 unspecified atom stereocenters. The summed E-state index contributed by atoms with van der Waals surface area (Å²) >= 11 is 7.09. The Hall–Kier alpha value is -2.44. The summed E-state index contributed by atoms with van der Waals surface area (Å²) < 4.78 is 13.8. The summed E-state index contributed by atoms with van der Waals surface area (Å²) in [6.45, 7) is 1.01. The van der Waals surface area contributed by atoms with Crippen LogP contribution in [0.5, 0.6) is 5.88 Å². The molecule has 5 rings (SSSR count). The van der Waals surface area contributed by atoms with Crippen molar-refractivity contribution in [1.29, 1.82) is 0 Å². The van der Waals surface area contributed by atoms with E-state index in [-0.39, 0.29) is 11.0 Å². The number of halogens is 1. The van der Waals surface area contributed by atoms with E-state index in [1.807, 2.05) is 22.8 Å². The Bertz CT molecular complexity index is 968. The topological polar surface area (TPSA) is 62.1 Å². The molecule has 2 aliphatic rings. The summed E-state index contributed by atoms with van der Waals surface area (Å²) in [7, 11) is 0. The maximum absolute atomic E-state index is 7.09. The van der Waals surface area contributed by atoms with Crippen molar-refractivity contribution in [2.45, 2.75) is 49.9 Å². The smallest absolute Gasteiger partial charge is 0.213 e. The van der Waals surface area contributed by atoms with Gasteiger partial charge in [-0.2, -0.15) is 0 Å². The van der Waals surface area contributed by atoms with E-state index in [0.717, 1.165) is 48.3 Å². The second-order valence-electron chi connectivity index (χ2n) is 7.40. The number of hydrogen-bond acceptors (Lipinski definition) is 5. The van der Waals surface area contributed by atoms with Crippen LogP contribution in [0.3, 0.4) is 0 Å². The molecule has 144 valence electrons. The van der Waals surface area contributed by atoms with Crippen molar-refractivity contribution in [1.82, 2.24) is 19.7 Å². The van der Waals surface area contributed by atoms with Gasteiger partial charge in [0, 0.05) is 17.8 Å². The van der Waals surface area contributed by atoms with Gasteiger partial charge in [0.05, 0.1) is 17.2 Å². The van der Waals surface area contributed by atoms with Crippen LogP contribution in [-0.4, -0.2) is 25.9 Å². The molecule has 0 spiro atoms. The molecule has 28 heavy (non-hydrogen) atoms. The molecular weight excluding hydrogens is 376 g/mol. The molecular formula is C21H21ClN4O2. The van der Waals surface area contributed by atoms with Gasteiger partial charge in [-0.05, 0) is 49.4 Å². The van der Waals surface area contributed by atoms with Gasteiger partial charge in [0.25, 0.3) is 0 Å². The van der Waals surface area contributed by atoms with Gasteiger partial charge in [0.1, 0.15) is 19.0 Å². The van der Waals surface area contributed by atoms with E-state index in [2.05, 4.69) is 33.4 Å². The van der Waals surface area contributed by atoms with Crippen LogP contribution >= 0.6 is 11.6 Å². The second kappa shape index (κ2) is 7.18. The average Bonchev–Trinajstić information content (AvgIpc) is 3.12. The molecule has 6 nitrogen and oxygen atoms in total. The van der Waals surface area contributed by atoms with Gasteiger partial charge in [-0.3, -0.25) is 4.57 Å². The van der Waals surface area contributed by atoms with Gasteiger partial charge < -0.3 is 9.47 Å². The third-order valence-electron chi connectivity index (χ3n) is 5.61. The van der Waals surface area contributed by atoms with Crippen molar-refractivity contribution >= 4 is 11.6 Å². The maximum Gasteiger partial charge on any atom is 0.213 e. The number of benzene rings is 1. The summed E-state index contributed by atoms with van der Waals surface area (Å²) in [6.07, 6.45) is 7.19. The lowest BCUT2D eigenvalue weighted by Crippen LogP contribution is -2.32. The van der Waals surface area contributed by atoms with E-state index in [9.17, 15) is 0 Å². The zero-order valence-corrected chi connectivity index (χ0v) is 16.2. The maximum atomic E-state index is 7.09. The van der Waals surface area contributed by atoms with Crippen LogP contribution in [0.15, 0.2) is 48.9 Å². The number of rotatable bonds is 3.